The number of halogens is 1. The second-order valence-corrected chi connectivity index (χ2v) is 5.63. The highest BCUT2D eigenvalue weighted by Gasteiger charge is 2.30. The maximum Gasteiger partial charge on any atom is 0.339 e. The zero-order valence-corrected chi connectivity index (χ0v) is 13.5. The fraction of sp³-hybridized carbons (Fsp3) is 0.167. The first-order valence-electron chi connectivity index (χ1n) is 6.92. The molecule has 2 rings (SSSR count). The normalized spacial score (nSPS) is 14.2. The van der Waals surface area contributed by atoms with Crippen LogP contribution in [-0.4, -0.2) is 23.3 Å². The topological polar surface area (TPSA) is 66.8 Å². The molecule has 0 aliphatic heterocycles. The van der Waals surface area contributed by atoms with Crippen molar-refractivity contribution in [2.24, 2.45) is 0 Å². The van der Waals surface area contributed by atoms with Gasteiger partial charge in [0, 0.05) is 5.02 Å². The molecule has 2 aromatic carbocycles. The minimum atomic E-state index is -1.39. The van der Waals surface area contributed by atoms with Gasteiger partial charge in [-0.2, -0.15) is 0 Å². The molecule has 0 saturated carbocycles. The molecule has 1 unspecified atom stereocenters. The van der Waals surface area contributed by atoms with Crippen LogP contribution < -0.4 is 0 Å². The Morgan fingerprint density at radius 2 is 1.78 bits per heavy atom. The Morgan fingerprint density at radius 3 is 2.35 bits per heavy atom. The average molecular weight is 333 g/mol. The van der Waals surface area contributed by atoms with Crippen LogP contribution in [0.2, 0.25) is 5.02 Å². The number of aliphatic hydroxyl groups is 1. The van der Waals surface area contributed by atoms with Crippen LogP contribution >= 0.6 is 11.6 Å². The molecular weight excluding hydrogens is 316 g/mol. The molecule has 0 aromatic heterocycles. The third-order valence-corrected chi connectivity index (χ3v) is 3.87. The van der Waals surface area contributed by atoms with Gasteiger partial charge in [-0.1, -0.05) is 48.0 Å². The standard InChI is InChI=1S/C18H17ClO4/c1-18(22,12-7-9-13(19)10-8-12)16-6-4-3-5-14(16)15(11-23-2)17(20)21/h3-11,22H,1-2H3,(H,20,21)/b15-11+. The Hall–Kier alpha value is -2.30. The molecule has 1 atom stereocenters. The fourth-order valence-electron chi connectivity index (χ4n) is 2.42. The number of carbonyl (C=O) groups is 1. The predicted molar refractivity (Wildman–Crippen MR) is 89.2 cm³/mol. The number of hydrogen-bond acceptors (Lipinski definition) is 3. The summed E-state index contributed by atoms with van der Waals surface area (Å²) in [6, 6.07) is 13.6. The predicted octanol–water partition coefficient (Wildman–Crippen LogP) is 3.67. The summed E-state index contributed by atoms with van der Waals surface area (Å²) in [7, 11) is 1.38. The first-order chi connectivity index (χ1) is 10.9. The van der Waals surface area contributed by atoms with E-state index in [0.29, 0.717) is 21.7 Å². The van der Waals surface area contributed by atoms with Crippen molar-refractivity contribution in [2.45, 2.75) is 12.5 Å². The van der Waals surface area contributed by atoms with Gasteiger partial charge >= 0.3 is 5.97 Å². The molecule has 0 saturated heterocycles. The van der Waals surface area contributed by atoms with Crippen molar-refractivity contribution >= 4 is 23.1 Å². The summed E-state index contributed by atoms with van der Waals surface area (Å²) < 4.78 is 4.87. The van der Waals surface area contributed by atoms with E-state index in [4.69, 9.17) is 16.3 Å². The van der Waals surface area contributed by atoms with Crippen molar-refractivity contribution in [1.29, 1.82) is 0 Å². The van der Waals surface area contributed by atoms with Crippen LogP contribution in [0.3, 0.4) is 0 Å². The average Bonchev–Trinajstić information content (AvgIpc) is 2.53. The highest BCUT2D eigenvalue weighted by atomic mass is 35.5. The number of hydrogen-bond donors (Lipinski definition) is 2. The molecule has 2 aromatic rings. The summed E-state index contributed by atoms with van der Waals surface area (Å²) in [6.07, 6.45) is 1.15. The number of aliphatic carboxylic acids is 1. The molecule has 0 bridgehead atoms. The molecule has 0 radical (unpaired) electrons. The summed E-state index contributed by atoms with van der Waals surface area (Å²) in [5.41, 5.74) is 0.0485. The highest BCUT2D eigenvalue weighted by Crippen LogP contribution is 2.35. The second kappa shape index (κ2) is 6.86. The molecule has 2 N–H and O–H groups in total. The molecule has 0 aliphatic rings. The number of ether oxygens (including phenoxy) is 1. The maximum absolute atomic E-state index is 11.5. The molecule has 0 spiro atoms. The van der Waals surface area contributed by atoms with Gasteiger partial charge in [-0.05, 0) is 35.7 Å². The van der Waals surface area contributed by atoms with Crippen LogP contribution in [0.15, 0.2) is 54.8 Å². The van der Waals surface area contributed by atoms with Crippen LogP contribution in [0.25, 0.3) is 5.57 Å². The fourth-order valence-corrected chi connectivity index (χ4v) is 2.55. The largest absolute Gasteiger partial charge is 0.503 e. The van der Waals surface area contributed by atoms with Gasteiger partial charge in [-0.3, -0.25) is 0 Å². The molecule has 5 heteroatoms. The van der Waals surface area contributed by atoms with E-state index in [9.17, 15) is 15.0 Å². The molecule has 23 heavy (non-hydrogen) atoms. The number of rotatable bonds is 5. The summed E-state index contributed by atoms with van der Waals surface area (Å²) in [4.78, 5) is 11.5. The molecule has 0 aliphatic carbocycles. The Balaban J connectivity index is 2.61. The SMILES string of the molecule is CO/C=C(/C(=O)O)c1ccccc1C(C)(O)c1ccc(Cl)cc1. The van der Waals surface area contributed by atoms with Crippen LogP contribution in [0.1, 0.15) is 23.6 Å². The highest BCUT2D eigenvalue weighted by molar-refractivity contribution is 6.30. The van der Waals surface area contributed by atoms with E-state index in [-0.39, 0.29) is 5.57 Å². The van der Waals surface area contributed by atoms with Crippen molar-refractivity contribution in [3.05, 3.63) is 76.5 Å². The number of methoxy groups -OCH3 is 1. The van der Waals surface area contributed by atoms with Crippen LogP contribution in [0.5, 0.6) is 0 Å². The van der Waals surface area contributed by atoms with Gasteiger partial charge in [0.1, 0.15) is 11.2 Å². The Kier molecular flexibility index (Phi) is 5.08. The van der Waals surface area contributed by atoms with Crippen molar-refractivity contribution < 1.29 is 19.7 Å². The Bertz CT molecular complexity index is 733. The zero-order valence-electron chi connectivity index (χ0n) is 12.8. The van der Waals surface area contributed by atoms with E-state index in [1.807, 2.05) is 0 Å². The lowest BCUT2D eigenvalue weighted by molar-refractivity contribution is -0.130. The Morgan fingerprint density at radius 1 is 1.17 bits per heavy atom. The van der Waals surface area contributed by atoms with Gasteiger partial charge in [-0.15, -0.1) is 0 Å². The van der Waals surface area contributed by atoms with E-state index >= 15 is 0 Å². The number of benzene rings is 2. The zero-order chi connectivity index (χ0) is 17.0. The lowest BCUT2D eigenvalue weighted by Gasteiger charge is -2.27. The lowest BCUT2D eigenvalue weighted by Crippen LogP contribution is -2.25. The molecule has 120 valence electrons. The third kappa shape index (κ3) is 3.55. The first-order valence-corrected chi connectivity index (χ1v) is 7.30. The van der Waals surface area contributed by atoms with Crippen molar-refractivity contribution in [2.75, 3.05) is 7.11 Å². The first kappa shape index (κ1) is 17.1. The van der Waals surface area contributed by atoms with Crippen LogP contribution in [0.4, 0.5) is 0 Å². The quantitative estimate of drug-likeness (QED) is 0.647. The van der Waals surface area contributed by atoms with Crippen molar-refractivity contribution in [3.63, 3.8) is 0 Å². The van der Waals surface area contributed by atoms with Crippen molar-refractivity contribution in [3.8, 4) is 0 Å². The third-order valence-electron chi connectivity index (χ3n) is 3.61. The van der Waals surface area contributed by atoms with Crippen molar-refractivity contribution in [1.82, 2.24) is 0 Å². The van der Waals surface area contributed by atoms with Gasteiger partial charge in [0.2, 0.25) is 0 Å². The minimum Gasteiger partial charge on any atom is -0.503 e. The van der Waals surface area contributed by atoms with E-state index in [1.54, 1.807) is 55.5 Å². The monoisotopic (exact) mass is 332 g/mol. The van der Waals surface area contributed by atoms with Gasteiger partial charge in [-0.25, -0.2) is 4.79 Å². The molecule has 4 nitrogen and oxygen atoms in total. The summed E-state index contributed by atoms with van der Waals surface area (Å²) in [6.45, 7) is 1.61. The summed E-state index contributed by atoms with van der Waals surface area (Å²) in [5, 5.41) is 21.0. The maximum atomic E-state index is 11.5. The van der Waals surface area contributed by atoms with E-state index in [2.05, 4.69) is 0 Å². The van der Waals surface area contributed by atoms with Crippen LogP contribution in [-0.2, 0) is 15.1 Å². The van der Waals surface area contributed by atoms with E-state index in [1.165, 1.54) is 7.11 Å². The second-order valence-electron chi connectivity index (χ2n) is 5.20. The molecule has 0 fully saturated rings. The molecule has 0 amide bonds. The number of carboxylic acids is 1. The lowest BCUT2D eigenvalue weighted by atomic mass is 9.83. The smallest absolute Gasteiger partial charge is 0.339 e. The minimum absolute atomic E-state index is 0.0302. The molecule has 0 heterocycles. The van der Waals surface area contributed by atoms with E-state index in [0.717, 1.165) is 6.26 Å². The van der Waals surface area contributed by atoms with Gasteiger partial charge in [0.15, 0.2) is 0 Å². The number of carboxylic acid groups (broad SMARTS) is 1. The van der Waals surface area contributed by atoms with Gasteiger partial charge < -0.3 is 14.9 Å². The van der Waals surface area contributed by atoms with Gasteiger partial charge in [0.05, 0.1) is 13.4 Å². The van der Waals surface area contributed by atoms with Gasteiger partial charge in [0.25, 0.3) is 0 Å². The summed E-state index contributed by atoms with van der Waals surface area (Å²) >= 11 is 5.89. The van der Waals surface area contributed by atoms with Crippen LogP contribution in [0, 0.1) is 0 Å². The van der Waals surface area contributed by atoms with E-state index < -0.39 is 11.6 Å². The molecular formula is C18H17ClO4. The Labute approximate surface area is 139 Å². The summed E-state index contributed by atoms with van der Waals surface area (Å²) in [5.74, 6) is -1.13.